The van der Waals surface area contributed by atoms with Crippen LogP contribution in [-0.2, 0) is 20.7 Å². The Balaban J connectivity index is 2.44. The van der Waals surface area contributed by atoms with Gasteiger partial charge in [0.15, 0.2) is 0 Å². The van der Waals surface area contributed by atoms with Gasteiger partial charge in [0.2, 0.25) is 10.9 Å². The minimum absolute atomic E-state index is 0.0501. The molecule has 0 bridgehead atoms. The molecule has 0 spiro atoms. The first-order valence-corrected chi connectivity index (χ1v) is 10.1. The zero-order valence-corrected chi connectivity index (χ0v) is 14.7. The van der Waals surface area contributed by atoms with E-state index in [1.807, 2.05) is 0 Å². The van der Waals surface area contributed by atoms with E-state index in [2.05, 4.69) is 4.74 Å². The molecule has 13 heteroatoms. The Kier molecular flexibility index (Phi) is 5.70. The van der Waals surface area contributed by atoms with E-state index in [0.717, 1.165) is 12.1 Å². The molecule has 1 N–H and O–H groups in total. The highest BCUT2D eigenvalue weighted by Gasteiger charge is 2.34. The summed E-state index contributed by atoms with van der Waals surface area (Å²) in [6, 6.07) is 1.43. The maximum absolute atomic E-state index is 12.3. The summed E-state index contributed by atoms with van der Waals surface area (Å²) < 4.78 is 87.5. The second-order valence-electron chi connectivity index (χ2n) is 5.50. The van der Waals surface area contributed by atoms with Gasteiger partial charge in [-0.15, -0.1) is 13.2 Å². The number of anilines is 1. The third-order valence-electron chi connectivity index (χ3n) is 3.72. The Labute approximate surface area is 148 Å². The van der Waals surface area contributed by atoms with Crippen LogP contribution in [0.3, 0.4) is 0 Å². The molecule has 1 aliphatic heterocycles. The number of carbonyl (C=O) groups is 1. The fourth-order valence-corrected chi connectivity index (χ4v) is 4.94. The molecule has 0 aliphatic carbocycles. The van der Waals surface area contributed by atoms with E-state index in [-0.39, 0.29) is 30.0 Å². The molecule has 0 unspecified atom stereocenters. The maximum atomic E-state index is 12.3. The van der Waals surface area contributed by atoms with E-state index in [1.165, 1.54) is 0 Å². The quantitative estimate of drug-likeness (QED) is 0.691. The molecule has 0 radical (unpaired) electrons. The van der Waals surface area contributed by atoms with Crippen molar-refractivity contribution in [2.75, 3.05) is 15.8 Å². The average Bonchev–Trinajstić information content (AvgIpc) is 2.48. The first-order valence-electron chi connectivity index (χ1n) is 7.17. The van der Waals surface area contributed by atoms with E-state index >= 15 is 0 Å². The van der Waals surface area contributed by atoms with Crippen LogP contribution in [0.5, 0.6) is 5.75 Å². The van der Waals surface area contributed by atoms with Crippen molar-refractivity contribution in [3.8, 4) is 5.75 Å². The minimum atomic E-state index is -5.04. The van der Waals surface area contributed by atoms with Gasteiger partial charge in [0.05, 0.1) is 22.8 Å². The molecule has 1 saturated heterocycles. The fourth-order valence-electron chi connectivity index (χ4n) is 2.62. The van der Waals surface area contributed by atoms with Crippen LogP contribution >= 0.6 is 0 Å². The molecule has 1 aromatic rings. The third-order valence-corrected chi connectivity index (χ3v) is 6.33. The molecule has 1 fully saturated rings. The summed E-state index contributed by atoms with van der Waals surface area (Å²) in [4.78, 5) is 11.4. The summed E-state index contributed by atoms with van der Waals surface area (Å²) in [6.07, 6.45) is -5.14. The van der Waals surface area contributed by atoms with Crippen LogP contribution in [0.25, 0.3) is 0 Å². The Morgan fingerprint density at radius 1 is 1.23 bits per heavy atom. The number of hydrogen-bond donors (Lipinski definition) is 2. The zero-order chi connectivity index (χ0) is 19.7. The van der Waals surface area contributed by atoms with Gasteiger partial charge < -0.3 is 9.84 Å². The molecule has 0 atom stereocenters. The summed E-state index contributed by atoms with van der Waals surface area (Å²) in [7, 11) is -6.65. The van der Waals surface area contributed by atoms with Crippen molar-refractivity contribution in [3.63, 3.8) is 0 Å². The van der Waals surface area contributed by atoms with E-state index in [0.29, 0.717) is 10.4 Å². The Morgan fingerprint density at radius 3 is 2.27 bits per heavy atom. The number of hydrogen-bond acceptors (Lipinski definition) is 6. The van der Waals surface area contributed by atoms with Crippen molar-refractivity contribution in [3.05, 3.63) is 23.8 Å². The number of alkyl halides is 3. The maximum Gasteiger partial charge on any atom is 0.573 e. The lowest BCUT2D eigenvalue weighted by Gasteiger charge is -2.32. The molecule has 26 heavy (non-hydrogen) atoms. The van der Waals surface area contributed by atoms with Crippen molar-refractivity contribution in [1.82, 2.24) is 0 Å². The predicted molar refractivity (Wildman–Crippen MR) is 84.6 cm³/mol. The molecule has 1 aliphatic rings. The lowest BCUT2D eigenvalue weighted by atomic mass is 10.1. The molecule has 1 heterocycles. The Morgan fingerprint density at radius 2 is 1.81 bits per heavy atom. The monoisotopic (exact) mass is 417 g/mol. The smallest absolute Gasteiger partial charge is 0.478 e. The van der Waals surface area contributed by atoms with Crippen molar-refractivity contribution in [2.45, 2.75) is 25.2 Å². The van der Waals surface area contributed by atoms with Gasteiger partial charge in [0.1, 0.15) is 15.6 Å². The molecular weight excluding hydrogens is 403 g/mol. The lowest BCUT2D eigenvalue weighted by Crippen LogP contribution is -2.41. The van der Waals surface area contributed by atoms with Crippen LogP contribution in [-0.4, -0.2) is 51.8 Å². The number of benzene rings is 1. The largest absolute Gasteiger partial charge is 0.573 e. The number of sulfone groups is 1. The highest BCUT2D eigenvalue weighted by Crippen LogP contribution is 2.32. The number of halogens is 3. The molecule has 146 valence electrons. The first-order chi connectivity index (χ1) is 11.9. The number of ether oxygens (including phenoxy) is 1. The molecule has 2 rings (SSSR count). The van der Waals surface area contributed by atoms with Crippen LogP contribution in [0.2, 0.25) is 0 Å². The summed E-state index contributed by atoms with van der Waals surface area (Å²) in [5.41, 5.74) is -1.06. The number of carboxylic acid groups (broad SMARTS) is 1. The minimum Gasteiger partial charge on any atom is -0.478 e. The molecule has 0 amide bonds. The van der Waals surface area contributed by atoms with E-state index in [4.69, 9.17) is 0 Å². The number of rotatable bonds is 5. The Bertz CT molecular complexity index is 858. The highest BCUT2D eigenvalue weighted by atomic mass is 32.2. The topological polar surface area (TPSA) is 118 Å². The summed E-state index contributed by atoms with van der Waals surface area (Å²) in [5.74, 6) is -3.01. The average molecular weight is 417 g/mol. The molecular formula is C13H14F3NO7S2. The lowest BCUT2D eigenvalue weighted by molar-refractivity contribution is -0.274. The van der Waals surface area contributed by atoms with E-state index < -0.39 is 50.4 Å². The van der Waals surface area contributed by atoms with Gasteiger partial charge in [-0.05, 0) is 31.0 Å². The number of thiol groups is 1. The number of nitrogens with zero attached hydrogens (tertiary/aromatic N) is 1. The van der Waals surface area contributed by atoms with Crippen molar-refractivity contribution in [1.29, 1.82) is 0 Å². The summed E-state index contributed by atoms with van der Waals surface area (Å²) >= 11 is 0. The van der Waals surface area contributed by atoms with Crippen LogP contribution < -0.4 is 9.04 Å². The van der Waals surface area contributed by atoms with Gasteiger partial charge in [0, 0.05) is 6.04 Å². The van der Waals surface area contributed by atoms with Gasteiger partial charge >= 0.3 is 12.3 Å². The van der Waals surface area contributed by atoms with E-state index in [1.54, 1.807) is 0 Å². The van der Waals surface area contributed by atoms with Crippen LogP contribution in [0.15, 0.2) is 18.2 Å². The fraction of sp³-hybridized carbons (Fsp3) is 0.462. The van der Waals surface area contributed by atoms with Crippen molar-refractivity contribution >= 4 is 32.4 Å². The third kappa shape index (κ3) is 5.00. The van der Waals surface area contributed by atoms with E-state index in [9.17, 15) is 39.9 Å². The van der Waals surface area contributed by atoms with Crippen LogP contribution in [0, 0.1) is 0 Å². The van der Waals surface area contributed by atoms with Gasteiger partial charge in [-0.25, -0.2) is 21.6 Å². The van der Waals surface area contributed by atoms with Crippen LogP contribution in [0.4, 0.5) is 18.9 Å². The molecule has 8 nitrogen and oxygen atoms in total. The zero-order valence-electron chi connectivity index (χ0n) is 13.0. The SMILES string of the molecule is O=C(O)c1cc(OC(F)(F)F)ccc1N(C1CCS(=O)(=O)CC1)[SH](=O)=O. The molecule has 1 aromatic carbocycles. The first kappa shape index (κ1) is 20.3. The van der Waals surface area contributed by atoms with Gasteiger partial charge in [-0.3, -0.25) is 4.31 Å². The number of aromatic carboxylic acids is 1. The highest BCUT2D eigenvalue weighted by molar-refractivity contribution is 7.91. The molecule has 0 aromatic heterocycles. The molecule has 0 saturated carbocycles. The van der Waals surface area contributed by atoms with Gasteiger partial charge in [0.25, 0.3) is 0 Å². The second kappa shape index (κ2) is 7.31. The summed E-state index contributed by atoms with van der Waals surface area (Å²) in [5, 5.41) is 9.24. The second-order valence-corrected chi connectivity index (χ2v) is 8.71. The van der Waals surface area contributed by atoms with Gasteiger partial charge in [-0.2, -0.15) is 0 Å². The van der Waals surface area contributed by atoms with Crippen LogP contribution in [0.1, 0.15) is 23.2 Å². The normalized spacial score (nSPS) is 17.8. The Hall–Kier alpha value is -2.02. The standard InChI is InChI=1S/C13H14F3NO7S2/c14-13(15,16)24-9-1-2-11(10(7-9)12(18)19)17(25(20)21)8-3-5-26(22,23)6-4-8/h1-2,7-8,25H,3-6H2,(H,18,19). The van der Waals surface area contributed by atoms with Crippen molar-refractivity contribution in [2.24, 2.45) is 0 Å². The number of carboxylic acids is 1. The summed E-state index contributed by atoms with van der Waals surface area (Å²) in [6.45, 7) is 0. The predicted octanol–water partition coefficient (Wildman–Crippen LogP) is 1.19. The van der Waals surface area contributed by atoms with Crippen molar-refractivity contribution < 1.29 is 44.6 Å². The van der Waals surface area contributed by atoms with Gasteiger partial charge in [-0.1, -0.05) is 0 Å².